The summed E-state index contributed by atoms with van der Waals surface area (Å²) >= 11 is 0. The molecule has 0 bridgehead atoms. The van der Waals surface area contributed by atoms with Crippen LogP contribution in [0.25, 0.3) is 0 Å². The highest BCUT2D eigenvalue weighted by molar-refractivity contribution is 5.92. The molecule has 2 N–H and O–H groups in total. The lowest BCUT2D eigenvalue weighted by Gasteiger charge is -2.23. The van der Waals surface area contributed by atoms with Crippen LogP contribution >= 0.6 is 0 Å². The second-order valence-corrected chi connectivity index (χ2v) is 4.72. The SMILES string of the molecule is CC(C)[C@H](NC(=O)Nc1cccc(C(F)(F)F)c1)C(=O)[O-]. The third kappa shape index (κ3) is 4.97. The van der Waals surface area contributed by atoms with Gasteiger partial charge in [-0.1, -0.05) is 19.9 Å². The maximum atomic E-state index is 12.5. The zero-order valence-electron chi connectivity index (χ0n) is 11.3. The molecule has 1 atom stereocenters. The zero-order valence-corrected chi connectivity index (χ0v) is 11.3. The molecule has 0 aromatic heterocycles. The Morgan fingerprint density at radius 1 is 1.24 bits per heavy atom. The van der Waals surface area contributed by atoms with Crippen LogP contribution in [0.5, 0.6) is 0 Å². The number of carbonyl (C=O) groups is 2. The van der Waals surface area contributed by atoms with Gasteiger partial charge in [0.15, 0.2) is 0 Å². The van der Waals surface area contributed by atoms with E-state index in [1.165, 1.54) is 6.07 Å². The van der Waals surface area contributed by atoms with Crippen molar-refractivity contribution in [2.45, 2.75) is 26.1 Å². The van der Waals surface area contributed by atoms with E-state index in [4.69, 9.17) is 0 Å². The Morgan fingerprint density at radius 2 is 1.86 bits per heavy atom. The topological polar surface area (TPSA) is 81.3 Å². The molecule has 0 aliphatic carbocycles. The van der Waals surface area contributed by atoms with Crippen molar-refractivity contribution in [2.24, 2.45) is 5.92 Å². The minimum absolute atomic E-state index is 0.0943. The first-order valence-corrected chi connectivity index (χ1v) is 6.07. The average molecular weight is 303 g/mol. The van der Waals surface area contributed by atoms with Crippen LogP contribution in [-0.2, 0) is 11.0 Å². The van der Waals surface area contributed by atoms with Crippen LogP contribution in [0.4, 0.5) is 23.7 Å². The second-order valence-electron chi connectivity index (χ2n) is 4.72. The van der Waals surface area contributed by atoms with Gasteiger partial charge in [0.25, 0.3) is 0 Å². The van der Waals surface area contributed by atoms with Crippen molar-refractivity contribution >= 4 is 17.7 Å². The summed E-state index contributed by atoms with van der Waals surface area (Å²) in [6.45, 7) is 3.12. The molecule has 0 unspecified atom stereocenters. The van der Waals surface area contributed by atoms with E-state index in [2.05, 4.69) is 10.6 Å². The fraction of sp³-hybridized carbons (Fsp3) is 0.385. The van der Waals surface area contributed by atoms with E-state index in [-0.39, 0.29) is 5.69 Å². The fourth-order valence-electron chi connectivity index (χ4n) is 1.58. The number of anilines is 1. The maximum Gasteiger partial charge on any atom is 0.416 e. The zero-order chi connectivity index (χ0) is 16.2. The molecule has 0 heterocycles. The highest BCUT2D eigenvalue weighted by Gasteiger charge is 2.30. The number of carboxylic acid groups (broad SMARTS) is 1. The molecule has 0 aliphatic heterocycles. The lowest BCUT2D eigenvalue weighted by atomic mass is 10.1. The first kappa shape index (κ1) is 16.8. The van der Waals surface area contributed by atoms with Gasteiger partial charge in [-0.05, 0) is 24.1 Å². The van der Waals surface area contributed by atoms with Gasteiger partial charge in [-0.2, -0.15) is 13.2 Å². The van der Waals surface area contributed by atoms with Gasteiger partial charge in [-0.3, -0.25) is 0 Å². The Kier molecular flexibility index (Phi) is 5.17. The predicted octanol–water partition coefficient (Wildman–Crippen LogP) is 1.60. The van der Waals surface area contributed by atoms with E-state index in [0.717, 1.165) is 18.2 Å². The molecule has 21 heavy (non-hydrogen) atoms. The van der Waals surface area contributed by atoms with E-state index in [0.29, 0.717) is 0 Å². The average Bonchev–Trinajstić information content (AvgIpc) is 2.34. The minimum Gasteiger partial charge on any atom is -0.548 e. The summed E-state index contributed by atoms with van der Waals surface area (Å²) in [5.74, 6) is -1.90. The van der Waals surface area contributed by atoms with Crippen LogP contribution in [-0.4, -0.2) is 18.0 Å². The van der Waals surface area contributed by atoms with Crippen LogP contribution in [0.3, 0.4) is 0 Å². The van der Waals surface area contributed by atoms with Crippen molar-refractivity contribution in [1.29, 1.82) is 0 Å². The number of benzene rings is 1. The molecule has 0 saturated carbocycles. The van der Waals surface area contributed by atoms with E-state index in [1.807, 2.05) is 0 Å². The number of amides is 2. The van der Waals surface area contributed by atoms with Crippen molar-refractivity contribution in [3.8, 4) is 0 Å². The van der Waals surface area contributed by atoms with Crippen molar-refractivity contribution in [2.75, 3.05) is 5.32 Å². The molecule has 8 heteroatoms. The molecule has 116 valence electrons. The number of alkyl halides is 3. The summed E-state index contributed by atoms with van der Waals surface area (Å²) in [6.07, 6.45) is -4.53. The fourth-order valence-corrected chi connectivity index (χ4v) is 1.58. The van der Waals surface area contributed by atoms with Gasteiger partial charge in [0.1, 0.15) is 0 Å². The molecule has 0 radical (unpaired) electrons. The maximum absolute atomic E-state index is 12.5. The van der Waals surface area contributed by atoms with Gasteiger partial charge in [0, 0.05) is 5.69 Å². The third-order valence-corrected chi connectivity index (χ3v) is 2.65. The lowest BCUT2D eigenvalue weighted by Crippen LogP contribution is -2.51. The van der Waals surface area contributed by atoms with E-state index in [1.54, 1.807) is 13.8 Å². The number of hydrogen-bond acceptors (Lipinski definition) is 3. The quantitative estimate of drug-likeness (QED) is 0.886. The molecular formula is C13H14F3N2O3-. The van der Waals surface area contributed by atoms with Crippen LogP contribution in [0.2, 0.25) is 0 Å². The van der Waals surface area contributed by atoms with Gasteiger partial charge in [0.05, 0.1) is 17.6 Å². The molecule has 1 rings (SSSR count). The molecule has 0 saturated heterocycles. The van der Waals surface area contributed by atoms with Crippen molar-refractivity contribution in [3.63, 3.8) is 0 Å². The minimum atomic E-state index is -4.53. The van der Waals surface area contributed by atoms with E-state index in [9.17, 15) is 27.9 Å². The Balaban J connectivity index is 2.77. The molecule has 1 aromatic rings. The first-order valence-electron chi connectivity index (χ1n) is 6.07. The number of aliphatic carboxylic acids is 1. The van der Waals surface area contributed by atoms with Crippen LogP contribution in [0.1, 0.15) is 19.4 Å². The number of urea groups is 1. The molecule has 1 aromatic carbocycles. The third-order valence-electron chi connectivity index (χ3n) is 2.65. The predicted molar refractivity (Wildman–Crippen MR) is 67.2 cm³/mol. The first-order chi connectivity index (χ1) is 9.61. The lowest BCUT2D eigenvalue weighted by molar-refractivity contribution is -0.309. The van der Waals surface area contributed by atoms with Gasteiger partial charge >= 0.3 is 12.2 Å². The van der Waals surface area contributed by atoms with Crippen LogP contribution in [0.15, 0.2) is 24.3 Å². The molecule has 2 amide bonds. The summed E-state index contributed by atoms with van der Waals surface area (Å²) in [5, 5.41) is 15.1. The van der Waals surface area contributed by atoms with Crippen LogP contribution in [0, 0.1) is 5.92 Å². The smallest absolute Gasteiger partial charge is 0.416 e. The van der Waals surface area contributed by atoms with Gasteiger partial charge in [-0.25, -0.2) is 4.79 Å². The highest BCUT2D eigenvalue weighted by atomic mass is 19.4. The standard InChI is InChI=1S/C13H15F3N2O3/c1-7(2)10(11(19)20)18-12(21)17-9-5-3-4-8(6-9)13(14,15)16/h3-7,10H,1-2H3,(H,19,20)(H2,17,18,21)/p-1/t10-/m0/s1. The number of rotatable bonds is 4. The van der Waals surface area contributed by atoms with Gasteiger partial charge < -0.3 is 20.5 Å². The summed E-state index contributed by atoms with van der Waals surface area (Å²) < 4.78 is 37.5. The van der Waals surface area contributed by atoms with E-state index >= 15 is 0 Å². The largest absolute Gasteiger partial charge is 0.548 e. The van der Waals surface area contributed by atoms with Gasteiger partial charge in [-0.15, -0.1) is 0 Å². The number of carboxylic acids is 1. The molecule has 0 aliphatic rings. The number of nitrogens with one attached hydrogen (secondary N) is 2. The monoisotopic (exact) mass is 303 g/mol. The number of carbonyl (C=O) groups excluding carboxylic acids is 2. The van der Waals surface area contributed by atoms with Crippen molar-refractivity contribution in [1.82, 2.24) is 5.32 Å². The van der Waals surface area contributed by atoms with E-state index < -0.39 is 35.7 Å². The summed E-state index contributed by atoms with van der Waals surface area (Å²) in [7, 11) is 0. The number of hydrogen-bond donors (Lipinski definition) is 2. The van der Waals surface area contributed by atoms with Crippen LogP contribution < -0.4 is 15.7 Å². The highest BCUT2D eigenvalue weighted by Crippen LogP contribution is 2.30. The summed E-state index contributed by atoms with van der Waals surface area (Å²) in [4.78, 5) is 22.4. The number of halogens is 3. The Labute approximate surface area is 119 Å². The summed E-state index contributed by atoms with van der Waals surface area (Å²) in [5.41, 5.74) is -1.01. The molecule has 0 spiro atoms. The molecular weight excluding hydrogens is 289 g/mol. The summed E-state index contributed by atoms with van der Waals surface area (Å²) in [6, 6.07) is 1.85. The second kappa shape index (κ2) is 6.47. The normalized spacial score (nSPS) is 12.9. The Morgan fingerprint density at radius 3 is 2.33 bits per heavy atom. The van der Waals surface area contributed by atoms with Gasteiger partial charge in [0.2, 0.25) is 0 Å². The van der Waals surface area contributed by atoms with Crippen molar-refractivity contribution in [3.05, 3.63) is 29.8 Å². The Bertz CT molecular complexity index is 530. The Hall–Kier alpha value is -2.25. The van der Waals surface area contributed by atoms with Crippen molar-refractivity contribution < 1.29 is 27.9 Å². The molecule has 0 fully saturated rings. The molecule has 5 nitrogen and oxygen atoms in total.